The van der Waals surface area contributed by atoms with E-state index in [1.807, 2.05) is 27.7 Å². The lowest BCUT2D eigenvalue weighted by Gasteiger charge is -2.39. The van der Waals surface area contributed by atoms with E-state index < -0.39 is 17.5 Å². The average Bonchev–Trinajstić information content (AvgIpc) is 2.43. The highest BCUT2D eigenvalue weighted by molar-refractivity contribution is 5.82. The predicted octanol–water partition coefficient (Wildman–Crippen LogP) is 2.11. The summed E-state index contributed by atoms with van der Waals surface area (Å²) in [4.78, 5) is 37.2. The number of aliphatic carboxylic acids is 1. The Morgan fingerprint density at radius 2 is 1.96 bits per heavy atom. The van der Waals surface area contributed by atoms with Crippen molar-refractivity contribution in [2.24, 2.45) is 17.8 Å². The molecule has 1 saturated heterocycles. The van der Waals surface area contributed by atoms with Crippen molar-refractivity contribution in [3.05, 3.63) is 0 Å². The Kier molecular flexibility index (Phi) is 7.05. The first-order chi connectivity index (χ1) is 11.0. The van der Waals surface area contributed by atoms with Crippen molar-refractivity contribution in [3.8, 4) is 0 Å². The van der Waals surface area contributed by atoms with Gasteiger partial charge in [0.25, 0.3) is 0 Å². The second-order valence-electron chi connectivity index (χ2n) is 7.46. The summed E-state index contributed by atoms with van der Waals surface area (Å²) in [6.45, 7) is 10.5. The lowest BCUT2D eigenvalue weighted by molar-refractivity contribution is -0.147. The molecule has 1 fully saturated rings. The Bertz CT molecular complexity index is 472. The third-order valence-electron chi connectivity index (χ3n) is 4.24. The summed E-state index contributed by atoms with van der Waals surface area (Å²) in [7, 11) is 0. The van der Waals surface area contributed by atoms with Crippen LogP contribution in [0, 0.1) is 17.8 Å². The maximum Gasteiger partial charge on any atom is 0.410 e. The summed E-state index contributed by atoms with van der Waals surface area (Å²) < 4.78 is 5.37. The summed E-state index contributed by atoms with van der Waals surface area (Å²) >= 11 is 0. The van der Waals surface area contributed by atoms with E-state index in [-0.39, 0.29) is 30.3 Å². The Balaban J connectivity index is 2.70. The fraction of sp³-hybridized carbons (Fsp3) is 0.824. The van der Waals surface area contributed by atoms with Gasteiger partial charge in [0.05, 0.1) is 5.92 Å². The van der Waals surface area contributed by atoms with Crippen molar-refractivity contribution >= 4 is 18.0 Å². The molecule has 0 aromatic carbocycles. The highest BCUT2D eigenvalue weighted by atomic mass is 16.6. The molecule has 0 spiro atoms. The predicted molar refractivity (Wildman–Crippen MR) is 89.5 cm³/mol. The van der Waals surface area contributed by atoms with Crippen LogP contribution >= 0.6 is 0 Å². The molecule has 0 aromatic rings. The highest BCUT2D eigenvalue weighted by Crippen LogP contribution is 2.32. The van der Waals surface area contributed by atoms with Gasteiger partial charge in [0.2, 0.25) is 5.91 Å². The Hall–Kier alpha value is -1.79. The van der Waals surface area contributed by atoms with E-state index in [1.165, 1.54) is 0 Å². The standard InChI is InChI=1S/C17H30N2O5/c1-6-18-14(20)9-13(15(21)22)12-7-8-19(10-11(12)2)16(23)24-17(3,4)5/h11-13H,6-10H2,1-5H3,(H,18,20)(H,21,22). The molecule has 0 saturated carbocycles. The maximum atomic E-state index is 12.2. The third-order valence-corrected chi connectivity index (χ3v) is 4.24. The number of nitrogens with zero attached hydrogens (tertiary/aromatic N) is 1. The molecular formula is C17H30N2O5. The second kappa shape index (κ2) is 8.35. The van der Waals surface area contributed by atoms with Gasteiger partial charge in [0.1, 0.15) is 5.60 Å². The van der Waals surface area contributed by atoms with Crippen LogP contribution < -0.4 is 5.32 Å². The van der Waals surface area contributed by atoms with Gasteiger partial charge in [0, 0.05) is 26.1 Å². The Morgan fingerprint density at radius 3 is 2.42 bits per heavy atom. The van der Waals surface area contributed by atoms with Crippen LogP contribution in [0.5, 0.6) is 0 Å². The fourth-order valence-corrected chi connectivity index (χ4v) is 3.14. The van der Waals surface area contributed by atoms with Crippen molar-refractivity contribution in [2.45, 2.75) is 53.1 Å². The molecule has 1 heterocycles. The van der Waals surface area contributed by atoms with E-state index in [9.17, 15) is 19.5 Å². The molecule has 7 heteroatoms. The van der Waals surface area contributed by atoms with Gasteiger partial charge in [0.15, 0.2) is 0 Å². The van der Waals surface area contributed by atoms with Crippen molar-refractivity contribution in [3.63, 3.8) is 0 Å². The molecule has 24 heavy (non-hydrogen) atoms. The number of nitrogens with one attached hydrogen (secondary N) is 1. The largest absolute Gasteiger partial charge is 0.481 e. The van der Waals surface area contributed by atoms with Gasteiger partial charge >= 0.3 is 12.1 Å². The molecule has 1 rings (SSSR count). The topological polar surface area (TPSA) is 95.9 Å². The quantitative estimate of drug-likeness (QED) is 0.798. The molecule has 3 atom stereocenters. The number of rotatable bonds is 5. The van der Waals surface area contributed by atoms with E-state index in [4.69, 9.17) is 4.74 Å². The molecule has 0 bridgehead atoms. The summed E-state index contributed by atoms with van der Waals surface area (Å²) in [5.74, 6) is -2.08. The van der Waals surface area contributed by atoms with E-state index in [2.05, 4.69) is 5.32 Å². The molecule has 1 aliphatic rings. The van der Waals surface area contributed by atoms with Gasteiger partial charge < -0.3 is 20.1 Å². The number of ether oxygens (including phenoxy) is 1. The molecule has 3 unspecified atom stereocenters. The number of carboxylic acids is 1. The zero-order chi connectivity index (χ0) is 18.5. The number of hydrogen-bond donors (Lipinski definition) is 2. The van der Waals surface area contributed by atoms with E-state index in [0.717, 1.165) is 0 Å². The molecule has 0 aromatic heterocycles. The van der Waals surface area contributed by atoms with E-state index >= 15 is 0 Å². The zero-order valence-electron chi connectivity index (χ0n) is 15.3. The molecular weight excluding hydrogens is 312 g/mol. The first-order valence-electron chi connectivity index (χ1n) is 8.52. The molecule has 1 aliphatic heterocycles. The average molecular weight is 342 g/mol. The minimum absolute atomic E-state index is 0.0122. The van der Waals surface area contributed by atoms with Gasteiger partial charge in [-0.05, 0) is 46.0 Å². The SMILES string of the molecule is CCNC(=O)CC(C(=O)O)C1CCN(C(=O)OC(C)(C)C)CC1C. The third kappa shape index (κ3) is 6.02. The number of carboxylic acid groups (broad SMARTS) is 1. The van der Waals surface area contributed by atoms with Crippen LogP contribution in [0.15, 0.2) is 0 Å². The number of hydrogen-bond acceptors (Lipinski definition) is 4. The molecule has 138 valence electrons. The van der Waals surface area contributed by atoms with Gasteiger partial charge in [-0.25, -0.2) is 4.79 Å². The summed E-state index contributed by atoms with van der Waals surface area (Å²) in [6.07, 6.45) is 0.157. The normalized spacial score (nSPS) is 22.6. The number of carbonyl (C=O) groups is 3. The van der Waals surface area contributed by atoms with Crippen LogP contribution in [0.25, 0.3) is 0 Å². The fourth-order valence-electron chi connectivity index (χ4n) is 3.14. The monoisotopic (exact) mass is 342 g/mol. The maximum absolute atomic E-state index is 12.2. The van der Waals surface area contributed by atoms with Gasteiger partial charge in [-0.2, -0.15) is 0 Å². The minimum Gasteiger partial charge on any atom is -0.481 e. The Labute approximate surface area is 143 Å². The summed E-state index contributed by atoms with van der Waals surface area (Å²) in [5.41, 5.74) is -0.557. The van der Waals surface area contributed by atoms with Gasteiger partial charge in [-0.3, -0.25) is 9.59 Å². The highest BCUT2D eigenvalue weighted by Gasteiger charge is 2.39. The lowest BCUT2D eigenvalue weighted by atomic mass is 9.76. The van der Waals surface area contributed by atoms with Crippen LogP contribution in [0.3, 0.4) is 0 Å². The Morgan fingerprint density at radius 1 is 1.33 bits per heavy atom. The number of amides is 2. The van der Waals surface area contributed by atoms with Crippen molar-refractivity contribution in [1.29, 1.82) is 0 Å². The van der Waals surface area contributed by atoms with E-state index in [0.29, 0.717) is 26.1 Å². The van der Waals surface area contributed by atoms with Crippen molar-refractivity contribution in [2.75, 3.05) is 19.6 Å². The smallest absolute Gasteiger partial charge is 0.410 e. The lowest BCUT2D eigenvalue weighted by Crippen LogP contribution is -2.48. The van der Waals surface area contributed by atoms with E-state index in [1.54, 1.807) is 11.8 Å². The van der Waals surface area contributed by atoms with Crippen LogP contribution in [-0.2, 0) is 14.3 Å². The number of carbonyl (C=O) groups excluding carboxylic acids is 2. The van der Waals surface area contributed by atoms with Crippen molar-refractivity contribution < 1.29 is 24.2 Å². The van der Waals surface area contributed by atoms with Crippen LogP contribution in [0.2, 0.25) is 0 Å². The van der Waals surface area contributed by atoms with Crippen molar-refractivity contribution in [1.82, 2.24) is 10.2 Å². The summed E-state index contributed by atoms with van der Waals surface area (Å²) in [5, 5.41) is 12.2. The summed E-state index contributed by atoms with van der Waals surface area (Å²) in [6, 6.07) is 0. The zero-order valence-corrected chi connectivity index (χ0v) is 15.3. The van der Waals surface area contributed by atoms with Gasteiger partial charge in [-0.1, -0.05) is 6.92 Å². The minimum atomic E-state index is -0.955. The molecule has 2 amide bonds. The molecule has 2 N–H and O–H groups in total. The van der Waals surface area contributed by atoms with Gasteiger partial charge in [-0.15, -0.1) is 0 Å². The number of piperidine rings is 1. The molecule has 7 nitrogen and oxygen atoms in total. The van der Waals surface area contributed by atoms with Crippen LogP contribution in [0.1, 0.15) is 47.5 Å². The second-order valence-corrected chi connectivity index (χ2v) is 7.46. The first kappa shape index (κ1) is 20.3. The number of likely N-dealkylation sites (tertiary alicyclic amines) is 1. The molecule has 0 radical (unpaired) electrons. The van der Waals surface area contributed by atoms with Crippen LogP contribution in [-0.4, -0.2) is 53.2 Å². The van der Waals surface area contributed by atoms with Crippen LogP contribution in [0.4, 0.5) is 4.79 Å². The first-order valence-corrected chi connectivity index (χ1v) is 8.52. The molecule has 0 aliphatic carbocycles.